The van der Waals surface area contributed by atoms with Crippen LogP contribution in [0, 0.1) is 0 Å². The molecule has 0 aliphatic carbocycles. The number of allylic oxidation sites excluding steroid dienone is 2. The van der Waals surface area contributed by atoms with Gasteiger partial charge in [0.1, 0.15) is 6.61 Å². The minimum Gasteiger partial charge on any atom is -0.462 e. The third kappa shape index (κ3) is 38.5. The highest BCUT2D eigenvalue weighted by Gasteiger charge is 2.26. The maximum Gasteiger partial charge on any atom is 0.472 e. The number of nitrogens with two attached hydrogens (primary N) is 1. The lowest BCUT2D eigenvalue weighted by Crippen LogP contribution is -2.29. The molecule has 0 fully saturated rings. The molecule has 0 heterocycles. The Bertz CT molecular complexity index is 871. The molecule has 0 spiro atoms. The second kappa shape index (κ2) is 39.4. The minimum absolute atomic E-state index is 0.0551. The van der Waals surface area contributed by atoms with Gasteiger partial charge in [-0.1, -0.05) is 174 Å². The molecule has 0 saturated carbocycles. The van der Waals surface area contributed by atoms with E-state index in [-0.39, 0.29) is 38.6 Å². The first-order valence-electron chi connectivity index (χ1n) is 21.7. The van der Waals surface area contributed by atoms with E-state index in [0.717, 1.165) is 51.4 Å². The Morgan fingerprint density at radius 2 is 0.942 bits per heavy atom. The highest BCUT2D eigenvalue weighted by molar-refractivity contribution is 7.47. The summed E-state index contributed by atoms with van der Waals surface area (Å²) in [6.45, 7) is 3.73. The lowest BCUT2D eigenvalue weighted by molar-refractivity contribution is -0.161. The van der Waals surface area contributed by atoms with Gasteiger partial charge < -0.3 is 20.1 Å². The number of hydrogen-bond donors (Lipinski definition) is 2. The molecule has 0 aromatic rings. The molecule has 0 bridgehead atoms. The highest BCUT2D eigenvalue weighted by atomic mass is 31.2. The van der Waals surface area contributed by atoms with Gasteiger partial charge in [0.15, 0.2) is 6.10 Å². The molecular formula is C42H82NO8P. The van der Waals surface area contributed by atoms with E-state index in [1.54, 1.807) is 0 Å². The van der Waals surface area contributed by atoms with Crippen LogP contribution in [-0.2, 0) is 32.7 Å². The number of phosphoric ester groups is 1. The third-order valence-corrected chi connectivity index (χ3v) is 10.4. The molecule has 0 aromatic heterocycles. The van der Waals surface area contributed by atoms with E-state index in [0.29, 0.717) is 6.42 Å². The first kappa shape index (κ1) is 50.8. The topological polar surface area (TPSA) is 134 Å². The average molecular weight is 760 g/mol. The second-order valence-electron chi connectivity index (χ2n) is 14.6. The van der Waals surface area contributed by atoms with Crippen molar-refractivity contribution in [3.8, 4) is 0 Å². The van der Waals surface area contributed by atoms with Gasteiger partial charge in [0.2, 0.25) is 0 Å². The summed E-state index contributed by atoms with van der Waals surface area (Å²) < 4.78 is 32.8. The number of rotatable bonds is 41. The van der Waals surface area contributed by atoms with E-state index >= 15 is 0 Å². The Morgan fingerprint density at radius 3 is 1.38 bits per heavy atom. The standard InChI is InChI=1S/C42H82NO8P/c1-3-5-7-9-11-13-15-17-18-19-20-21-23-25-27-29-31-33-35-42(45)51-40(39-50-52(46,47)49-37-36-43)38-48-41(44)34-32-30-28-26-24-22-16-14-12-10-8-6-4-2/h14,16,40H,3-13,15,17-39,43H2,1-2H3,(H,46,47)/b16-14-/t40-/m1/s1. The molecule has 3 N–H and O–H groups in total. The molecule has 0 aliphatic heterocycles. The lowest BCUT2D eigenvalue weighted by atomic mass is 10.0. The summed E-state index contributed by atoms with van der Waals surface area (Å²) in [5.41, 5.74) is 5.34. The zero-order valence-corrected chi connectivity index (χ0v) is 34.7. The van der Waals surface area contributed by atoms with Crippen LogP contribution in [0.25, 0.3) is 0 Å². The van der Waals surface area contributed by atoms with Gasteiger partial charge in [0.25, 0.3) is 0 Å². The van der Waals surface area contributed by atoms with Gasteiger partial charge in [0, 0.05) is 19.4 Å². The summed E-state index contributed by atoms with van der Waals surface area (Å²) in [5, 5.41) is 0. The number of carbonyl (C=O) groups is 2. The summed E-state index contributed by atoms with van der Waals surface area (Å²) in [4.78, 5) is 34.8. The normalized spacial score (nSPS) is 13.4. The first-order valence-corrected chi connectivity index (χ1v) is 23.2. The number of carbonyl (C=O) groups excluding carboxylic acids is 2. The van der Waals surface area contributed by atoms with Crippen LogP contribution in [0.15, 0.2) is 12.2 Å². The van der Waals surface area contributed by atoms with Crippen LogP contribution in [-0.4, -0.2) is 49.3 Å². The summed E-state index contributed by atoms with van der Waals surface area (Å²) in [5.74, 6) is -0.828. The van der Waals surface area contributed by atoms with Gasteiger partial charge in [-0.05, 0) is 38.5 Å². The molecule has 10 heteroatoms. The van der Waals surface area contributed by atoms with Crippen molar-refractivity contribution in [1.29, 1.82) is 0 Å². The Labute approximate surface area is 319 Å². The van der Waals surface area contributed by atoms with Crippen molar-refractivity contribution in [2.75, 3.05) is 26.4 Å². The molecular weight excluding hydrogens is 677 g/mol. The van der Waals surface area contributed by atoms with E-state index in [1.165, 1.54) is 128 Å². The summed E-state index contributed by atoms with van der Waals surface area (Å²) >= 11 is 0. The van der Waals surface area contributed by atoms with Crippen LogP contribution in [0.2, 0.25) is 0 Å². The van der Waals surface area contributed by atoms with Crippen molar-refractivity contribution in [2.24, 2.45) is 5.73 Å². The van der Waals surface area contributed by atoms with Gasteiger partial charge in [-0.2, -0.15) is 0 Å². The third-order valence-electron chi connectivity index (χ3n) is 9.40. The van der Waals surface area contributed by atoms with Crippen molar-refractivity contribution in [3.63, 3.8) is 0 Å². The van der Waals surface area contributed by atoms with Crippen LogP contribution in [0.4, 0.5) is 0 Å². The molecule has 0 aromatic carbocycles. The van der Waals surface area contributed by atoms with E-state index in [1.807, 2.05) is 0 Å². The average Bonchev–Trinajstić information content (AvgIpc) is 3.13. The Balaban J connectivity index is 4.11. The Morgan fingerprint density at radius 1 is 0.558 bits per heavy atom. The predicted molar refractivity (Wildman–Crippen MR) is 215 cm³/mol. The summed E-state index contributed by atoms with van der Waals surface area (Å²) in [7, 11) is -4.37. The number of unbranched alkanes of at least 4 members (excludes halogenated alkanes) is 26. The van der Waals surface area contributed by atoms with Crippen molar-refractivity contribution in [3.05, 3.63) is 12.2 Å². The zero-order valence-electron chi connectivity index (χ0n) is 33.8. The van der Waals surface area contributed by atoms with Gasteiger partial charge >= 0.3 is 19.8 Å². The lowest BCUT2D eigenvalue weighted by Gasteiger charge is -2.19. The molecule has 9 nitrogen and oxygen atoms in total. The van der Waals surface area contributed by atoms with Crippen LogP contribution in [0.5, 0.6) is 0 Å². The smallest absolute Gasteiger partial charge is 0.462 e. The Kier molecular flexibility index (Phi) is 38.5. The molecule has 52 heavy (non-hydrogen) atoms. The molecule has 0 saturated heterocycles. The Hall–Kier alpha value is -1.25. The molecule has 1 unspecified atom stereocenters. The molecule has 2 atom stereocenters. The van der Waals surface area contributed by atoms with Gasteiger partial charge in [-0.15, -0.1) is 0 Å². The van der Waals surface area contributed by atoms with Gasteiger partial charge in [-0.25, -0.2) is 4.57 Å². The monoisotopic (exact) mass is 760 g/mol. The van der Waals surface area contributed by atoms with Crippen molar-refractivity contribution in [1.82, 2.24) is 0 Å². The van der Waals surface area contributed by atoms with E-state index < -0.39 is 26.5 Å². The fraction of sp³-hybridized carbons (Fsp3) is 0.905. The van der Waals surface area contributed by atoms with Crippen LogP contribution < -0.4 is 5.73 Å². The van der Waals surface area contributed by atoms with E-state index in [2.05, 4.69) is 26.0 Å². The second-order valence-corrected chi connectivity index (χ2v) is 16.0. The number of esters is 2. The van der Waals surface area contributed by atoms with Crippen LogP contribution in [0.3, 0.4) is 0 Å². The maximum absolute atomic E-state index is 12.6. The first-order chi connectivity index (χ1) is 25.3. The molecule has 0 aliphatic rings. The van der Waals surface area contributed by atoms with E-state index in [4.69, 9.17) is 24.3 Å². The van der Waals surface area contributed by atoms with Gasteiger partial charge in [-0.3, -0.25) is 18.6 Å². The van der Waals surface area contributed by atoms with Gasteiger partial charge in [0.05, 0.1) is 13.2 Å². The number of hydrogen-bond acceptors (Lipinski definition) is 8. The summed E-state index contributed by atoms with van der Waals surface area (Å²) in [6.07, 6.45) is 39.5. The van der Waals surface area contributed by atoms with Crippen LogP contribution in [0.1, 0.15) is 213 Å². The van der Waals surface area contributed by atoms with Crippen molar-refractivity contribution >= 4 is 19.8 Å². The number of phosphoric acid groups is 1. The maximum atomic E-state index is 12.6. The fourth-order valence-electron chi connectivity index (χ4n) is 6.16. The predicted octanol–water partition coefficient (Wildman–Crippen LogP) is 12.2. The largest absolute Gasteiger partial charge is 0.472 e. The zero-order chi connectivity index (χ0) is 38.2. The molecule has 0 amide bonds. The fourth-order valence-corrected chi connectivity index (χ4v) is 6.92. The van der Waals surface area contributed by atoms with Crippen molar-refractivity contribution < 1.29 is 37.6 Å². The highest BCUT2D eigenvalue weighted by Crippen LogP contribution is 2.43. The molecule has 0 rings (SSSR count). The number of ether oxygens (including phenoxy) is 2. The van der Waals surface area contributed by atoms with Crippen LogP contribution >= 0.6 is 7.82 Å². The minimum atomic E-state index is -4.37. The van der Waals surface area contributed by atoms with E-state index in [9.17, 15) is 19.0 Å². The van der Waals surface area contributed by atoms with Crippen molar-refractivity contribution in [2.45, 2.75) is 219 Å². The SMILES string of the molecule is CCCCCC/C=C\CCCCCCCC(=O)OC[C@H](COP(=O)(O)OCCN)OC(=O)CCCCCCCCCCCCCCCCCCCC. The quantitative estimate of drug-likeness (QED) is 0.0270. The summed E-state index contributed by atoms with van der Waals surface area (Å²) in [6, 6.07) is 0. The molecule has 308 valence electrons. The molecule has 0 radical (unpaired) electrons.